The molecule has 8 heterocycles. The van der Waals surface area contributed by atoms with Gasteiger partial charge in [0.15, 0.2) is 44.8 Å². The summed E-state index contributed by atoms with van der Waals surface area (Å²) in [6, 6.07) is 32.9. The van der Waals surface area contributed by atoms with E-state index in [1.54, 1.807) is 11.0 Å². The van der Waals surface area contributed by atoms with Gasteiger partial charge in [-0.25, -0.2) is 62.0 Å². The van der Waals surface area contributed by atoms with Crippen molar-refractivity contribution in [2.45, 2.75) is 217 Å². The monoisotopic (exact) mass is 1740 g/mol. The van der Waals surface area contributed by atoms with E-state index >= 15 is 0 Å². The van der Waals surface area contributed by atoms with Gasteiger partial charge in [0.1, 0.15) is 34.7 Å². The molecule has 2 aliphatic heterocycles. The molecule has 2 atom stereocenters. The summed E-state index contributed by atoms with van der Waals surface area (Å²) in [5, 5.41) is 27.8. The lowest BCUT2D eigenvalue weighted by Crippen LogP contribution is -2.45. The molecule has 16 rings (SSSR count). The summed E-state index contributed by atoms with van der Waals surface area (Å²) in [4.78, 5) is 70.4. The predicted molar refractivity (Wildman–Crippen MR) is 455 cm³/mol. The number of amides is 3. The number of likely N-dealkylation sites (tertiary alicyclic amines) is 2. The van der Waals surface area contributed by atoms with E-state index in [0.29, 0.717) is 62.4 Å². The van der Waals surface area contributed by atoms with E-state index in [2.05, 4.69) is 54.6 Å². The first-order chi connectivity index (χ1) is 60.3. The molecule has 0 radical (unpaired) electrons. The number of carbonyl (C=O) groups is 4. The summed E-state index contributed by atoms with van der Waals surface area (Å²) in [6.07, 6.45) is 10.3. The van der Waals surface area contributed by atoms with Gasteiger partial charge in [-0.15, -0.1) is 10.2 Å². The number of carboxylic acid groups (broad SMARTS) is 1. The molecule has 8 aliphatic rings. The molecule has 6 N–H and O–H groups in total. The van der Waals surface area contributed by atoms with Gasteiger partial charge in [-0.3, -0.25) is 4.79 Å². The number of primary sulfonamides is 1. The van der Waals surface area contributed by atoms with Gasteiger partial charge in [0.2, 0.25) is 11.8 Å². The Morgan fingerprint density at radius 1 is 0.537 bits per heavy atom. The lowest BCUT2D eigenvalue weighted by atomic mass is 9.93. The molecule has 0 unspecified atom stereocenters. The number of aromatic nitrogens is 8. The largest absolute Gasteiger partial charge is 0.485 e. The van der Waals surface area contributed by atoms with Crippen LogP contribution in [0.2, 0.25) is 10.3 Å². The molecule has 6 saturated carbocycles. The summed E-state index contributed by atoms with van der Waals surface area (Å²) in [7, 11) is -8.50. The molecular weight excluding hydrogens is 1630 g/mol. The third-order valence-electron chi connectivity index (χ3n) is 23.9. The fraction of sp³-hybridized carbons (Fsp3) is 0.523. The van der Waals surface area contributed by atoms with E-state index in [4.69, 9.17) is 72.8 Å². The zero-order chi connectivity index (χ0) is 93.5. The highest BCUT2D eigenvalue weighted by atomic mass is 35.5. The number of anilines is 2. The third kappa shape index (κ3) is 20.4. The van der Waals surface area contributed by atoms with Gasteiger partial charge < -0.3 is 54.0 Å². The highest BCUT2D eigenvalue weighted by molar-refractivity contribution is 7.90. The molecule has 121 heavy (non-hydrogen) atoms. The lowest BCUT2D eigenvalue weighted by Gasteiger charge is -2.33. The van der Waals surface area contributed by atoms with Gasteiger partial charge in [-0.1, -0.05) is 83.9 Å². The van der Waals surface area contributed by atoms with Crippen LogP contribution in [0.25, 0.3) is 11.6 Å². The number of carbonyl (C=O) groups excluding carboxylic acids is 3. The van der Waals surface area contributed by atoms with Crippen LogP contribution in [0.15, 0.2) is 144 Å². The molecule has 648 valence electrons. The van der Waals surface area contributed by atoms with E-state index in [0.717, 1.165) is 94.6 Å². The fourth-order valence-corrected chi connectivity index (χ4v) is 19.3. The van der Waals surface area contributed by atoms with Crippen molar-refractivity contribution in [1.82, 2.24) is 54.0 Å². The lowest BCUT2D eigenvalue weighted by molar-refractivity contribution is 0.0118. The van der Waals surface area contributed by atoms with Crippen molar-refractivity contribution < 1.29 is 80.5 Å². The van der Waals surface area contributed by atoms with E-state index in [1.165, 1.54) is 76.4 Å². The zero-order valence-corrected chi connectivity index (χ0v) is 72.6. The molecule has 0 bridgehead atoms. The first-order valence-corrected chi connectivity index (χ1v) is 44.6. The molecule has 33 heteroatoms. The molecule has 6 aliphatic carbocycles. The number of hydrogen-bond acceptors (Lipinski definition) is 22. The minimum Gasteiger partial charge on any atom is -0.485 e. The Morgan fingerprint density at radius 2 is 0.934 bits per heavy atom. The van der Waals surface area contributed by atoms with Crippen molar-refractivity contribution in [2.24, 2.45) is 50.5 Å². The summed E-state index contributed by atoms with van der Waals surface area (Å²) >= 11 is 12.3. The SMILES string of the molecule is CC(C)(C)OC(=O)N1C[C@@H](CCCNc2nc(S(N)(=O)=O)ccc2OCc2ccccc2)CC1(C)C.[2H]C([2H])(Oc1ccn(-c2ccc(C(=O)NS(=O)(=O)c3ccc(OCc4ccccc4)c(NCCC[C@@H]4CN(C(=O)OC(C)(C)C)C(C)(C)C4)n3)c(Cl)n2)n1)C([2H])([2H])C1C2(CC2)C12CC2.[2H]C([2H])(Oc1ccn(-c2ccc(C(=O)O)c(Cl)n2)n1)C([2H])([2H])C1C2(CC2)C12CC2. The highest BCUT2D eigenvalue weighted by Gasteiger charge is 2.86. The molecule has 8 aromatic rings. The Balaban J connectivity index is 0.000000173. The summed E-state index contributed by atoms with van der Waals surface area (Å²) in [5.41, 5.74) is -0.520. The standard InChI is InChI=1S/C44H54ClN7O7S.C26H38N4O5S.C18H18ClN3O3/c1-41(2,3)59-40(54)51-27-30(26-42(51,4)5)12-9-23-46-38-32(58-28-29-10-7-6-8-11-29)14-16-36(48-38)60(55,56)50-39(53)31-13-15-34(47-37(31)45)52-24-17-35(49-52)57-25-18-33-43(19-20-43)44(33)21-22-44;1-25(2,3)35-24(31)30-17-20(16-26(30,4)5)12-9-15-28-23-21(13-14-22(29-23)36(27,32)33)34-18-19-10-7-6-8-11-19;19-15-11(16(23)24)1-2-13(20-15)22-9-3-14(21-22)25-10-4-12-17(5-6-17)18(12)7-8-18/h6-8,10-11,13-17,24,30,33H,9,12,18-23,25-28H2,1-5H3,(H,46,48)(H,50,53);6-8,10-11,13-14,20H,9,12,15-18H2,1-5H3,(H,28,29)(H2,27,32,33);1-3,9,12H,4-8,10H2,(H,23,24)/t30-;20-;/m00./s1/i18D2,25D2;;4D2,10D2. The van der Waals surface area contributed by atoms with Gasteiger partial charge in [0.05, 0.1) is 29.7 Å². The number of sulfonamides is 2. The Morgan fingerprint density at radius 3 is 1.31 bits per heavy atom. The van der Waals surface area contributed by atoms with Crippen molar-refractivity contribution in [2.75, 3.05) is 49.9 Å². The Kier molecular flexibility index (Phi) is 22.0. The minimum absolute atomic E-state index is 0.0148. The van der Waals surface area contributed by atoms with E-state index in [1.807, 2.05) is 126 Å². The number of nitrogens with zero attached hydrogens (tertiary/aromatic N) is 10. The van der Waals surface area contributed by atoms with E-state index in [-0.39, 0.29) is 119 Å². The van der Waals surface area contributed by atoms with Crippen molar-refractivity contribution in [3.05, 3.63) is 166 Å². The van der Waals surface area contributed by atoms with Crippen molar-refractivity contribution in [3.63, 3.8) is 0 Å². The number of nitrogens with one attached hydrogen (secondary N) is 3. The fourth-order valence-electron chi connectivity index (χ4n) is 17.4. The van der Waals surface area contributed by atoms with Crippen LogP contribution in [0.3, 0.4) is 0 Å². The zero-order valence-electron chi connectivity index (χ0n) is 77.4. The normalized spacial score (nSPS) is 20.8. The number of fused-ring (bicyclic) bond motifs is 2. The number of carboxylic acids is 1. The maximum Gasteiger partial charge on any atom is 0.410 e. The number of benzene rings is 2. The van der Waals surface area contributed by atoms with Crippen LogP contribution in [-0.4, -0.2) is 157 Å². The number of nitrogens with two attached hydrogens (primary N) is 1. The Bertz CT molecular complexity index is 5740. The number of ether oxygens (including phenoxy) is 6. The first-order valence-electron chi connectivity index (χ1n) is 44.8. The molecule has 4 spiro atoms. The summed E-state index contributed by atoms with van der Waals surface area (Å²) in [6.45, 7) is 16.8. The number of hydrogen-bond donors (Lipinski definition) is 5. The molecule has 2 aromatic carbocycles. The van der Waals surface area contributed by atoms with Gasteiger partial charge in [-0.05, 0) is 277 Å². The van der Waals surface area contributed by atoms with Crippen LogP contribution in [0.4, 0.5) is 21.2 Å². The number of aromatic carboxylic acids is 1. The Labute approximate surface area is 728 Å². The molecular formula is C88H110Cl2N14O15S2. The second-order valence-electron chi connectivity index (χ2n) is 35.8. The quantitative estimate of drug-likeness (QED) is 0.0199. The molecule has 29 nitrogen and oxygen atoms in total. The molecule has 6 aromatic heterocycles. The van der Waals surface area contributed by atoms with Crippen molar-refractivity contribution >= 4 is 78.9 Å². The predicted octanol–water partition coefficient (Wildman–Crippen LogP) is 16.3. The topological polar surface area (TPSA) is 368 Å². The van der Waals surface area contributed by atoms with Crippen molar-refractivity contribution in [3.8, 4) is 34.9 Å². The second kappa shape index (κ2) is 34.5. The van der Waals surface area contributed by atoms with Crippen LogP contribution in [0.5, 0.6) is 23.3 Å². The van der Waals surface area contributed by atoms with Crippen molar-refractivity contribution in [1.29, 1.82) is 0 Å². The number of pyridine rings is 4. The highest BCUT2D eigenvalue weighted by Crippen LogP contribution is 2.94. The van der Waals surface area contributed by atoms with Gasteiger partial charge in [0, 0.05) is 67.3 Å². The van der Waals surface area contributed by atoms with E-state index in [9.17, 15) is 36.0 Å². The third-order valence-corrected chi connectivity index (χ3v) is 26.5. The van der Waals surface area contributed by atoms with Gasteiger partial charge in [-0.2, -0.15) is 8.42 Å². The maximum atomic E-state index is 13.7. The molecule has 3 amide bonds. The molecule has 8 fully saturated rings. The van der Waals surface area contributed by atoms with Crippen LogP contribution in [-0.2, 0) is 42.7 Å². The smallest absolute Gasteiger partial charge is 0.410 e. The van der Waals surface area contributed by atoms with Crippen LogP contribution in [0.1, 0.15) is 215 Å². The Hall–Kier alpha value is -9.82. The average Bonchev–Trinajstić information content (AvgIpc) is 1.43. The summed E-state index contributed by atoms with van der Waals surface area (Å²) in [5.74, 6) is -1.08. The van der Waals surface area contributed by atoms with Crippen LogP contribution >= 0.6 is 23.2 Å². The number of rotatable bonds is 31. The van der Waals surface area contributed by atoms with Gasteiger partial charge >= 0.3 is 18.2 Å². The summed E-state index contributed by atoms with van der Waals surface area (Å²) < 4.78 is 158. The molecule has 2 saturated heterocycles. The van der Waals surface area contributed by atoms with Crippen LogP contribution in [0, 0.1) is 45.3 Å². The average molecular weight is 1750 g/mol. The van der Waals surface area contributed by atoms with Gasteiger partial charge in [0.25, 0.3) is 26.0 Å². The van der Waals surface area contributed by atoms with Crippen LogP contribution < -0.4 is 39.4 Å². The van der Waals surface area contributed by atoms with E-state index < -0.39 is 79.9 Å². The maximum absolute atomic E-state index is 13.7. The first kappa shape index (κ1) is 77.3. The second-order valence-corrected chi connectivity index (χ2v) is 39.7. The minimum atomic E-state index is -4.55. The number of halogens is 2.